The molecule has 0 aliphatic heterocycles. The number of benzene rings is 2. The van der Waals surface area contributed by atoms with E-state index >= 15 is 0 Å². The normalized spacial score (nSPS) is 10.6. The number of fused-ring (bicyclic) bond motifs is 1. The molecule has 124 valence electrons. The largest absolute Gasteiger partial charge is 0.494 e. The van der Waals surface area contributed by atoms with Crippen molar-refractivity contribution in [2.24, 2.45) is 0 Å². The Balaban J connectivity index is 1.61. The van der Waals surface area contributed by atoms with Crippen LogP contribution in [0.3, 0.4) is 0 Å². The van der Waals surface area contributed by atoms with Gasteiger partial charge in [-0.25, -0.2) is 4.98 Å². The second kappa shape index (κ2) is 7.31. The highest BCUT2D eigenvalue weighted by atomic mass is 32.1. The van der Waals surface area contributed by atoms with Crippen LogP contribution in [0, 0.1) is 6.92 Å². The lowest BCUT2D eigenvalue weighted by Crippen LogP contribution is -2.21. The quantitative estimate of drug-likeness (QED) is 0.710. The molecule has 5 nitrogen and oxygen atoms in total. The van der Waals surface area contributed by atoms with E-state index in [1.165, 1.54) is 16.9 Å². The van der Waals surface area contributed by atoms with E-state index in [1.807, 2.05) is 56.3 Å². The van der Waals surface area contributed by atoms with E-state index in [4.69, 9.17) is 4.74 Å². The van der Waals surface area contributed by atoms with Crippen LogP contribution in [0.25, 0.3) is 10.2 Å². The Morgan fingerprint density at radius 3 is 2.75 bits per heavy atom. The van der Waals surface area contributed by atoms with Crippen LogP contribution in [0.15, 0.2) is 42.5 Å². The Kier molecular flexibility index (Phi) is 4.96. The van der Waals surface area contributed by atoms with E-state index in [1.54, 1.807) is 0 Å². The summed E-state index contributed by atoms with van der Waals surface area (Å²) >= 11 is 1.44. The smallest absolute Gasteiger partial charge is 0.245 e. The van der Waals surface area contributed by atoms with Crippen LogP contribution in [-0.2, 0) is 4.79 Å². The van der Waals surface area contributed by atoms with Crippen molar-refractivity contribution in [1.29, 1.82) is 0 Å². The molecular formula is C18H19N3O2S. The minimum atomic E-state index is -0.125. The molecule has 0 unspecified atom stereocenters. The molecule has 1 aromatic heterocycles. The second-order valence-corrected chi connectivity index (χ2v) is 6.38. The minimum absolute atomic E-state index is 0.125. The zero-order valence-electron chi connectivity index (χ0n) is 13.6. The molecule has 1 heterocycles. The summed E-state index contributed by atoms with van der Waals surface area (Å²) in [5.74, 6) is 0.687. The molecule has 0 spiro atoms. The Morgan fingerprint density at radius 1 is 1.21 bits per heavy atom. The van der Waals surface area contributed by atoms with Gasteiger partial charge in [-0.2, -0.15) is 0 Å². The number of carbonyl (C=O) groups excluding carboxylic acids is 1. The third kappa shape index (κ3) is 4.02. The Hall–Kier alpha value is -2.60. The number of anilines is 2. The van der Waals surface area contributed by atoms with Crippen LogP contribution >= 0.6 is 11.3 Å². The van der Waals surface area contributed by atoms with Crippen molar-refractivity contribution >= 4 is 38.3 Å². The number of aromatic nitrogens is 1. The minimum Gasteiger partial charge on any atom is -0.494 e. The monoisotopic (exact) mass is 341 g/mol. The van der Waals surface area contributed by atoms with Crippen LogP contribution in [0.5, 0.6) is 5.75 Å². The van der Waals surface area contributed by atoms with Crippen LogP contribution in [-0.4, -0.2) is 24.0 Å². The van der Waals surface area contributed by atoms with Gasteiger partial charge in [0.15, 0.2) is 5.13 Å². The van der Waals surface area contributed by atoms with Gasteiger partial charge in [0.1, 0.15) is 5.75 Å². The molecule has 0 saturated heterocycles. The van der Waals surface area contributed by atoms with E-state index < -0.39 is 0 Å². The van der Waals surface area contributed by atoms with Crippen molar-refractivity contribution in [2.45, 2.75) is 13.8 Å². The third-order valence-corrected chi connectivity index (χ3v) is 4.36. The summed E-state index contributed by atoms with van der Waals surface area (Å²) in [4.78, 5) is 16.5. The molecule has 2 aromatic carbocycles. The highest BCUT2D eigenvalue weighted by Gasteiger charge is 2.08. The number of hydrogen-bond donors (Lipinski definition) is 2. The maximum Gasteiger partial charge on any atom is 0.245 e. The fourth-order valence-electron chi connectivity index (χ4n) is 2.23. The number of nitrogens with one attached hydrogen (secondary N) is 2. The second-order valence-electron chi connectivity index (χ2n) is 5.35. The molecule has 1 amide bonds. The van der Waals surface area contributed by atoms with E-state index in [0.717, 1.165) is 21.7 Å². The van der Waals surface area contributed by atoms with Gasteiger partial charge >= 0.3 is 0 Å². The van der Waals surface area contributed by atoms with Gasteiger partial charge < -0.3 is 15.4 Å². The highest BCUT2D eigenvalue weighted by molar-refractivity contribution is 7.22. The first-order valence-corrected chi connectivity index (χ1v) is 8.59. The van der Waals surface area contributed by atoms with Crippen molar-refractivity contribution in [3.63, 3.8) is 0 Å². The maximum atomic E-state index is 12.1. The van der Waals surface area contributed by atoms with E-state index in [0.29, 0.717) is 11.7 Å². The first kappa shape index (κ1) is 16.3. The SMILES string of the molecule is CCOc1ccc2nc(NC(=O)CNc3ccc(C)cc3)sc2c1. The van der Waals surface area contributed by atoms with E-state index in [9.17, 15) is 4.79 Å². The van der Waals surface area contributed by atoms with Crippen LogP contribution in [0.2, 0.25) is 0 Å². The van der Waals surface area contributed by atoms with E-state index in [2.05, 4.69) is 15.6 Å². The van der Waals surface area contributed by atoms with Crippen molar-refractivity contribution in [1.82, 2.24) is 4.98 Å². The molecular weight excluding hydrogens is 322 g/mol. The number of hydrogen-bond acceptors (Lipinski definition) is 5. The van der Waals surface area contributed by atoms with Crippen molar-refractivity contribution in [3.05, 3.63) is 48.0 Å². The molecule has 6 heteroatoms. The lowest BCUT2D eigenvalue weighted by molar-refractivity contribution is -0.114. The number of ether oxygens (including phenoxy) is 1. The number of rotatable bonds is 6. The molecule has 2 N–H and O–H groups in total. The maximum absolute atomic E-state index is 12.1. The Bertz CT molecular complexity index is 843. The molecule has 0 bridgehead atoms. The first-order valence-electron chi connectivity index (χ1n) is 7.78. The summed E-state index contributed by atoms with van der Waals surface area (Å²) in [5.41, 5.74) is 2.96. The van der Waals surface area contributed by atoms with Gasteiger partial charge in [0.2, 0.25) is 5.91 Å². The van der Waals surface area contributed by atoms with Crippen LogP contribution in [0.1, 0.15) is 12.5 Å². The summed E-state index contributed by atoms with van der Waals surface area (Å²) in [5, 5.41) is 6.52. The van der Waals surface area contributed by atoms with Crippen molar-refractivity contribution < 1.29 is 9.53 Å². The average Bonchev–Trinajstić information content (AvgIpc) is 2.96. The summed E-state index contributed by atoms with van der Waals surface area (Å²) in [6.07, 6.45) is 0. The number of carbonyl (C=O) groups is 1. The molecule has 0 radical (unpaired) electrons. The number of nitrogens with zero attached hydrogens (tertiary/aromatic N) is 1. The van der Waals surface area contributed by atoms with Gasteiger partial charge in [-0.15, -0.1) is 0 Å². The molecule has 0 aliphatic rings. The van der Waals surface area contributed by atoms with Gasteiger partial charge in [0, 0.05) is 5.69 Å². The van der Waals surface area contributed by atoms with Crippen molar-refractivity contribution in [3.8, 4) is 5.75 Å². The molecule has 0 fully saturated rings. The average molecular weight is 341 g/mol. The summed E-state index contributed by atoms with van der Waals surface area (Å²) in [7, 11) is 0. The third-order valence-electron chi connectivity index (χ3n) is 3.42. The lowest BCUT2D eigenvalue weighted by Gasteiger charge is -2.06. The molecule has 0 saturated carbocycles. The summed E-state index contributed by atoms with van der Waals surface area (Å²) < 4.78 is 6.47. The van der Waals surface area contributed by atoms with Crippen molar-refractivity contribution in [2.75, 3.05) is 23.8 Å². The van der Waals surface area contributed by atoms with Gasteiger partial charge in [0.05, 0.1) is 23.4 Å². The summed E-state index contributed by atoms with van der Waals surface area (Å²) in [6, 6.07) is 13.6. The molecule has 3 rings (SSSR count). The Labute approximate surface area is 144 Å². The van der Waals surface area contributed by atoms with Gasteiger partial charge in [-0.3, -0.25) is 4.79 Å². The van der Waals surface area contributed by atoms with E-state index in [-0.39, 0.29) is 12.5 Å². The molecule has 24 heavy (non-hydrogen) atoms. The number of amides is 1. The predicted molar refractivity (Wildman–Crippen MR) is 99.1 cm³/mol. The number of aryl methyl sites for hydroxylation is 1. The fourth-order valence-corrected chi connectivity index (χ4v) is 3.14. The lowest BCUT2D eigenvalue weighted by atomic mass is 10.2. The molecule has 0 aliphatic carbocycles. The van der Waals surface area contributed by atoms with Gasteiger partial charge in [0.25, 0.3) is 0 Å². The summed E-state index contributed by atoms with van der Waals surface area (Å²) in [6.45, 7) is 4.80. The zero-order valence-corrected chi connectivity index (χ0v) is 14.4. The zero-order chi connectivity index (χ0) is 16.9. The Morgan fingerprint density at radius 2 is 2.00 bits per heavy atom. The standard InChI is InChI=1S/C18H19N3O2S/c1-3-23-14-8-9-15-16(10-14)24-18(20-15)21-17(22)11-19-13-6-4-12(2)5-7-13/h4-10,19H,3,11H2,1-2H3,(H,20,21,22). The predicted octanol–water partition coefficient (Wildman–Crippen LogP) is 4.05. The van der Waals surface area contributed by atoms with Crippen LogP contribution in [0.4, 0.5) is 10.8 Å². The topological polar surface area (TPSA) is 63.2 Å². The molecule has 3 aromatic rings. The number of thiazole rings is 1. The fraction of sp³-hybridized carbons (Fsp3) is 0.222. The molecule has 0 atom stereocenters. The van der Waals surface area contributed by atoms with Gasteiger partial charge in [-0.1, -0.05) is 29.0 Å². The van der Waals surface area contributed by atoms with Crippen LogP contribution < -0.4 is 15.4 Å². The highest BCUT2D eigenvalue weighted by Crippen LogP contribution is 2.29. The first-order chi connectivity index (χ1) is 11.6. The van der Waals surface area contributed by atoms with Gasteiger partial charge in [-0.05, 0) is 44.2 Å².